The summed E-state index contributed by atoms with van der Waals surface area (Å²) in [5.41, 5.74) is 0.902. The van der Waals surface area contributed by atoms with Crippen molar-refractivity contribution in [3.05, 3.63) is 23.8 Å². The van der Waals surface area contributed by atoms with Crippen LogP contribution in [0.5, 0.6) is 11.5 Å². The van der Waals surface area contributed by atoms with Crippen LogP contribution in [0.25, 0.3) is 0 Å². The second-order valence-corrected chi connectivity index (χ2v) is 3.96. The van der Waals surface area contributed by atoms with Crippen molar-refractivity contribution < 1.29 is 19.0 Å². The molecule has 0 bridgehead atoms. The Hall–Kier alpha value is -1.75. The number of hydrogen-bond acceptors (Lipinski definition) is 5. The molecule has 1 N–H and O–H groups in total. The first-order chi connectivity index (χ1) is 9.15. The predicted octanol–water partition coefficient (Wildman–Crippen LogP) is 1.92. The third-order valence-electron chi connectivity index (χ3n) is 2.84. The Morgan fingerprint density at radius 2 is 2.05 bits per heavy atom. The lowest BCUT2D eigenvalue weighted by Crippen LogP contribution is -2.21. The van der Waals surface area contributed by atoms with Gasteiger partial charge in [-0.25, -0.2) is 0 Å². The zero-order valence-electron chi connectivity index (χ0n) is 11.9. The highest BCUT2D eigenvalue weighted by molar-refractivity contribution is 5.70. The Balaban J connectivity index is 2.94. The molecule has 0 aliphatic heterocycles. The van der Waals surface area contributed by atoms with Crippen LogP contribution in [-0.2, 0) is 9.53 Å². The van der Waals surface area contributed by atoms with Gasteiger partial charge in [0.1, 0.15) is 11.5 Å². The average molecular weight is 267 g/mol. The maximum absolute atomic E-state index is 11.6. The Bertz CT molecular complexity index is 420. The molecule has 0 aliphatic carbocycles. The van der Waals surface area contributed by atoms with E-state index >= 15 is 0 Å². The fraction of sp³-hybridized carbons (Fsp3) is 0.500. The molecular weight excluding hydrogens is 246 g/mol. The second-order valence-electron chi connectivity index (χ2n) is 3.96. The van der Waals surface area contributed by atoms with E-state index in [1.807, 2.05) is 12.1 Å². The van der Waals surface area contributed by atoms with Gasteiger partial charge in [-0.1, -0.05) is 6.07 Å². The molecule has 0 heterocycles. The average Bonchev–Trinajstić information content (AvgIpc) is 2.44. The summed E-state index contributed by atoms with van der Waals surface area (Å²) in [6, 6.07) is 5.37. The molecule has 1 unspecified atom stereocenters. The monoisotopic (exact) mass is 267 g/mol. The van der Waals surface area contributed by atoms with Crippen LogP contribution in [0, 0.1) is 0 Å². The minimum atomic E-state index is -0.236. The number of hydrogen-bond donors (Lipinski definition) is 1. The maximum atomic E-state index is 11.6. The molecule has 0 amide bonds. The number of ether oxygens (including phenoxy) is 3. The van der Waals surface area contributed by atoms with E-state index in [9.17, 15) is 4.79 Å². The van der Waals surface area contributed by atoms with Gasteiger partial charge in [-0.15, -0.1) is 0 Å². The lowest BCUT2D eigenvalue weighted by molar-refractivity contribution is -0.143. The van der Waals surface area contributed by atoms with Gasteiger partial charge in [0, 0.05) is 17.7 Å². The van der Waals surface area contributed by atoms with Crippen molar-refractivity contribution in [2.45, 2.75) is 19.4 Å². The van der Waals surface area contributed by atoms with Crippen LogP contribution in [0.1, 0.15) is 24.9 Å². The zero-order valence-corrected chi connectivity index (χ0v) is 11.9. The molecule has 0 aromatic heterocycles. The van der Waals surface area contributed by atoms with Crippen LogP contribution in [0.15, 0.2) is 18.2 Å². The number of carbonyl (C=O) groups excluding carboxylic acids is 1. The minimum Gasteiger partial charge on any atom is -0.497 e. The van der Waals surface area contributed by atoms with Crippen molar-refractivity contribution in [1.82, 2.24) is 5.32 Å². The van der Waals surface area contributed by atoms with E-state index in [0.29, 0.717) is 18.1 Å². The Labute approximate surface area is 113 Å². The van der Waals surface area contributed by atoms with E-state index < -0.39 is 0 Å². The van der Waals surface area contributed by atoms with E-state index in [2.05, 4.69) is 5.32 Å². The maximum Gasteiger partial charge on any atom is 0.307 e. The van der Waals surface area contributed by atoms with Crippen LogP contribution in [-0.4, -0.2) is 33.8 Å². The molecule has 1 atom stereocenters. The smallest absolute Gasteiger partial charge is 0.307 e. The van der Waals surface area contributed by atoms with Crippen LogP contribution in [0.3, 0.4) is 0 Å². The normalized spacial score (nSPS) is 11.8. The largest absolute Gasteiger partial charge is 0.497 e. The number of esters is 1. The van der Waals surface area contributed by atoms with Gasteiger partial charge in [0.05, 0.1) is 27.2 Å². The molecule has 0 fully saturated rings. The summed E-state index contributed by atoms with van der Waals surface area (Å²) in [7, 11) is 4.99. The first-order valence-corrected chi connectivity index (χ1v) is 6.21. The third-order valence-corrected chi connectivity index (χ3v) is 2.84. The Kier molecular flexibility index (Phi) is 6.15. The van der Waals surface area contributed by atoms with Gasteiger partial charge in [-0.05, 0) is 20.0 Å². The van der Waals surface area contributed by atoms with E-state index in [1.54, 1.807) is 34.3 Å². The highest BCUT2D eigenvalue weighted by Gasteiger charge is 2.19. The molecule has 1 aromatic rings. The van der Waals surface area contributed by atoms with Crippen LogP contribution >= 0.6 is 0 Å². The Morgan fingerprint density at radius 3 is 2.58 bits per heavy atom. The van der Waals surface area contributed by atoms with Gasteiger partial charge < -0.3 is 19.5 Å². The molecule has 19 heavy (non-hydrogen) atoms. The number of carbonyl (C=O) groups is 1. The summed E-state index contributed by atoms with van der Waals surface area (Å²) in [5, 5.41) is 3.10. The van der Waals surface area contributed by atoms with Crippen molar-refractivity contribution in [3.63, 3.8) is 0 Å². The molecule has 0 spiro atoms. The van der Waals surface area contributed by atoms with E-state index in [0.717, 1.165) is 5.56 Å². The van der Waals surface area contributed by atoms with E-state index in [4.69, 9.17) is 14.2 Å². The van der Waals surface area contributed by atoms with Crippen molar-refractivity contribution in [2.24, 2.45) is 0 Å². The summed E-state index contributed by atoms with van der Waals surface area (Å²) >= 11 is 0. The van der Waals surface area contributed by atoms with Crippen LogP contribution in [0.4, 0.5) is 0 Å². The summed E-state index contributed by atoms with van der Waals surface area (Å²) < 4.78 is 15.5. The van der Waals surface area contributed by atoms with Crippen LogP contribution in [0.2, 0.25) is 0 Å². The molecule has 1 rings (SSSR count). The van der Waals surface area contributed by atoms with E-state index in [1.165, 1.54) is 0 Å². The first-order valence-electron chi connectivity index (χ1n) is 6.21. The highest BCUT2D eigenvalue weighted by Crippen LogP contribution is 2.31. The van der Waals surface area contributed by atoms with Gasteiger partial charge in [0.2, 0.25) is 0 Å². The second kappa shape index (κ2) is 7.63. The third kappa shape index (κ3) is 4.13. The predicted molar refractivity (Wildman–Crippen MR) is 72.6 cm³/mol. The van der Waals surface area contributed by atoms with Crippen molar-refractivity contribution in [1.29, 1.82) is 0 Å². The topological polar surface area (TPSA) is 56.8 Å². The van der Waals surface area contributed by atoms with Gasteiger partial charge in [0.15, 0.2) is 0 Å². The highest BCUT2D eigenvalue weighted by atomic mass is 16.5. The van der Waals surface area contributed by atoms with Gasteiger partial charge >= 0.3 is 5.97 Å². The number of nitrogens with one attached hydrogen (secondary N) is 1. The molecule has 1 aromatic carbocycles. The molecule has 0 saturated heterocycles. The molecule has 0 aliphatic rings. The molecule has 5 heteroatoms. The van der Waals surface area contributed by atoms with Crippen molar-refractivity contribution >= 4 is 5.97 Å². The lowest BCUT2D eigenvalue weighted by atomic mass is 10.0. The molecule has 5 nitrogen and oxygen atoms in total. The molecular formula is C14H21NO4. The molecule has 0 radical (unpaired) electrons. The summed E-state index contributed by atoms with van der Waals surface area (Å²) in [4.78, 5) is 11.6. The lowest BCUT2D eigenvalue weighted by Gasteiger charge is -2.19. The molecule has 0 saturated carbocycles. The van der Waals surface area contributed by atoms with Gasteiger partial charge in [0.25, 0.3) is 0 Å². The summed E-state index contributed by atoms with van der Waals surface area (Å²) in [5.74, 6) is 1.16. The first kappa shape index (κ1) is 15.3. The van der Waals surface area contributed by atoms with Crippen LogP contribution < -0.4 is 14.8 Å². The minimum absolute atomic E-state index is 0.153. The Morgan fingerprint density at radius 1 is 1.32 bits per heavy atom. The van der Waals surface area contributed by atoms with Crippen molar-refractivity contribution in [2.75, 3.05) is 27.9 Å². The molecule has 106 valence electrons. The SMILES string of the molecule is CCOC(=O)CC(NC)c1ccc(OC)cc1OC. The fourth-order valence-corrected chi connectivity index (χ4v) is 1.86. The van der Waals surface area contributed by atoms with Crippen molar-refractivity contribution in [3.8, 4) is 11.5 Å². The summed E-state index contributed by atoms with van der Waals surface area (Å²) in [6.07, 6.45) is 0.257. The summed E-state index contributed by atoms with van der Waals surface area (Å²) in [6.45, 7) is 2.18. The van der Waals surface area contributed by atoms with E-state index in [-0.39, 0.29) is 18.4 Å². The zero-order chi connectivity index (χ0) is 14.3. The standard InChI is InChI=1S/C14H21NO4/c1-5-19-14(16)9-12(15-2)11-7-6-10(17-3)8-13(11)18-4/h6-8,12,15H,5,9H2,1-4H3. The van der Waals surface area contributed by atoms with Gasteiger partial charge in [-0.2, -0.15) is 0 Å². The van der Waals surface area contributed by atoms with Gasteiger partial charge in [-0.3, -0.25) is 4.79 Å². The quantitative estimate of drug-likeness (QED) is 0.765. The fourth-order valence-electron chi connectivity index (χ4n) is 1.86. The number of rotatable bonds is 7. The number of benzene rings is 1. The number of methoxy groups -OCH3 is 2.